The summed E-state index contributed by atoms with van der Waals surface area (Å²) in [6.45, 7) is 5.80. The summed E-state index contributed by atoms with van der Waals surface area (Å²) in [5.41, 5.74) is 1.10. The quantitative estimate of drug-likeness (QED) is 0.853. The van der Waals surface area contributed by atoms with Crippen molar-refractivity contribution in [2.24, 2.45) is 5.92 Å². The molecular formula is C18H24FN3O. The molecule has 2 saturated heterocycles. The van der Waals surface area contributed by atoms with Crippen LogP contribution in [0.5, 0.6) is 0 Å². The second-order valence-electron chi connectivity index (χ2n) is 7.02. The van der Waals surface area contributed by atoms with Crippen molar-refractivity contribution in [3.8, 4) is 0 Å². The Labute approximate surface area is 136 Å². The van der Waals surface area contributed by atoms with E-state index in [1.807, 2.05) is 17.0 Å². The largest absolute Gasteiger partial charge is 0.369 e. The number of hydrogen-bond donors (Lipinski definition) is 0. The van der Waals surface area contributed by atoms with Gasteiger partial charge in [-0.3, -0.25) is 9.69 Å². The topological polar surface area (TPSA) is 26.8 Å². The molecule has 1 amide bonds. The van der Waals surface area contributed by atoms with Crippen LogP contribution in [0, 0.1) is 11.7 Å². The molecule has 1 aromatic carbocycles. The lowest BCUT2D eigenvalue weighted by Gasteiger charge is -2.49. The first-order valence-electron chi connectivity index (χ1n) is 8.74. The predicted octanol–water partition coefficient (Wildman–Crippen LogP) is 1.96. The van der Waals surface area contributed by atoms with Crippen LogP contribution < -0.4 is 4.90 Å². The van der Waals surface area contributed by atoms with Gasteiger partial charge < -0.3 is 9.80 Å². The average Bonchev–Trinajstić information content (AvgIpc) is 2.45. The van der Waals surface area contributed by atoms with Gasteiger partial charge in [0.05, 0.1) is 0 Å². The van der Waals surface area contributed by atoms with Crippen LogP contribution >= 0.6 is 0 Å². The van der Waals surface area contributed by atoms with Crippen LogP contribution in [0.15, 0.2) is 24.3 Å². The molecule has 0 atom stereocenters. The number of benzene rings is 1. The Bertz CT molecular complexity index is 558. The molecule has 0 radical (unpaired) electrons. The van der Waals surface area contributed by atoms with E-state index in [4.69, 9.17) is 0 Å². The first-order valence-corrected chi connectivity index (χ1v) is 8.74. The van der Waals surface area contributed by atoms with Gasteiger partial charge in [-0.2, -0.15) is 0 Å². The fraction of sp³-hybridized carbons (Fsp3) is 0.611. The lowest BCUT2D eigenvalue weighted by atomic mass is 9.83. The highest BCUT2D eigenvalue weighted by atomic mass is 19.1. The van der Waals surface area contributed by atoms with Crippen molar-refractivity contribution in [3.05, 3.63) is 30.1 Å². The molecule has 23 heavy (non-hydrogen) atoms. The smallest absolute Gasteiger partial charge is 0.225 e. The van der Waals surface area contributed by atoms with Crippen LogP contribution in [0.4, 0.5) is 10.1 Å². The summed E-state index contributed by atoms with van der Waals surface area (Å²) < 4.78 is 13.0. The monoisotopic (exact) mass is 317 g/mol. The summed E-state index contributed by atoms with van der Waals surface area (Å²) in [6.07, 6.45) is 3.41. The van der Waals surface area contributed by atoms with Crippen LogP contribution in [-0.2, 0) is 4.79 Å². The molecule has 124 valence electrons. The number of hydrogen-bond acceptors (Lipinski definition) is 3. The maximum Gasteiger partial charge on any atom is 0.225 e. The van der Waals surface area contributed by atoms with Gasteiger partial charge >= 0.3 is 0 Å². The highest BCUT2D eigenvalue weighted by molar-refractivity contribution is 5.80. The number of anilines is 1. The molecule has 2 heterocycles. The highest BCUT2D eigenvalue weighted by Crippen LogP contribution is 2.30. The first kappa shape index (κ1) is 14.9. The molecule has 2 aliphatic heterocycles. The summed E-state index contributed by atoms with van der Waals surface area (Å²) in [5.74, 6) is 0.529. The number of carbonyl (C=O) groups excluding carboxylic acids is 1. The number of rotatable bonds is 3. The Hall–Kier alpha value is -1.62. The molecule has 0 bridgehead atoms. The molecule has 5 heteroatoms. The molecule has 3 aliphatic rings. The van der Waals surface area contributed by atoms with E-state index in [1.54, 1.807) is 0 Å². The number of carbonyl (C=O) groups is 1. The summed E-state index contributed by atoms with van der Waals surface area (Å²) >= 11 is 0. The minimum Gasteiger partial charge on any atom is -0.369 e. The van der Waals surface area contributed by atoms with E-state index < -0.39 is 0 Å². The van der Waals surface area contributed by atoms with E-state index in [0.29, 0.717) is 17.9 Å². The van der Waals surface area contributed by atoms with Crippen LogP contribution in [0.1, 0.15) is 19.3 Å². The van der Waals surface area contributed by atoms with Gasteiger partial charge in [-0.15, -0.1) is 0 Å². The number of piperazine rings is 1. The van der Waals surface area contributed by atoms with Crippen molar-refractivity contribution in [1.29, 1.82) is 0 Å². The Balaban J connectivity index is 1.24. The zero-order valence-corrected chi connectivity index (χ0v) is 13.5. The first-order chi connectivity index (χ1) is 11.2. The van der Waals surface area contributed by atoms with Gasteiger partial charge in [0.15, 0.2) is 0 Å². The molecule has 1 aliphatic carbocycles. The van der Waals surface area contributed by atoms with E-state index in [0.717, 1.165) is 57.8 Å². The maximum atomic E-state index is 13.0. The van der Waals surface area contributed by atoms with Gasteiger partial charge in [0.2, 0.25) is 5.91 Å². The van der Waals surface area contributed by atoms with Crippen molar-refractivity contribution in [3.63, 3.8) is 0 Å². The molecule has 0 unspecified atom stereocenters. The second-order valence-corrected chi connectivity index (χ2v) is 7.02. The second kappa shape index (κ2) is 6.11. The summed E-state index contributed by atoms with van der Waals surface area (Å²) in [5, 5.41) is 0. The lowest BCUT2D eigenvalue weighted by molar-refractivity contribution is -0.145. The average molecular weight is 317 g/mol. The molecule has 3 fully saturated rings. The van der Waals surface area contributed by atoms with Crippen molar-refractivity contribution in [2.45, 2.75) is 25.3 Å². The SMILES string of the molecule is O=C(C1CCC1)N1CC(N2CCN(c3ccc(F)cc3)CC2)C1. The standard InChI is InChI=1S/C18H24FN3O/c19-15-4-6-16(7-5-15)20-8-10-21(11-9-20)17-12-22(13-17)18(23)14-2-1-3-14/h4-7,14,17H,1-3,8-13H2. The Morgan fingerprint density at radius 3 is 2.22 bits per heavy atom. The van der Waals surface area contributed by atoms with Gasteiger partial charge in [0.25, 0.3) is 0 Å². The number of halogens is 1. The van der Waals surface area contributed by atoms with Gasteiger partial charge in [0.1, 0.15) is 5.82 Å². The fourth-order valence-corrected chi connectivity index (χ4v) is 3.78. The molecule has 0 N–H and O–H groups in total. The normalized spacial score (nSPS) is 23.5. The Morgan fingerprint density at radius 2 is 1.65 bits per heavy atom. The zero-order chi connectivity index (χ0) is 15.8. The molecule has 4 rings (SSSR count). The minimum atomic E-state index is -0.182. The van der Waals surface area contributed by atoms with Crippen LogP contribution in [-0.4, -0.2) is 61.0 Å². The van der Waals surface area contributed by atoms with Crippen molar-refractivity contribution >= 4 is 11.6 Å². The van der Waals surface area contributed by atoms with Gasteiger partial charge in [-0.1, -0.05) is 6.42 Å². The van der Waals surface area contributed by atoms with Crippen LogP contribution in [0.25, 0.3) is 0 Å². The van der Waals surface area contributed by atoms with Gasteiger partial charge in [0, 0.05) is 56.9 Å². The summed E-state index contributed by atoms with van der Waals surface area (Å²) in [7, 11) is 0. The Kier molecular flexibility index (Phi) is 3.97. The van der Waals surface area contributed by atoms with Crippen molar-refractivity contribution in [2.75, 3.05) is 44.2 Å². The maximum absolute atomic E-state index is 13.0. The highest BCUT2D eigenvalue weighted by Gasteiger charge is 2.39. The molecule has 1 aromatic rings. The van der Waals surface area contributed by atoms with Crippen LogP contribution in [0.3, 0.4) is 0 Å². The zero-order valence-electron chi connectivity index (χ0n) is 13.5. The summed E-state index contributed by atoms with van der Waals surface area (Å²) in [4.78, 5) is 19.0. The van der Waals surface area contributed by atoms with Crippen molar-refractivity contribution in [1.82, 2.24) is 9.80 Å². The van der Waals surface area contributed by atoms with Gasteiger partial charge in [-0.05, 0) is 37.1 Å². The molecule has 4 nitrogen and oxygen atoms in total. The third-order valence-corrected chi connectivity index (χ3v) is 5.65. The van der Waals surface area contributed by atoms with E-state index in [1.165, 1.54) is 18.6 Å². The minimum absolute atomic E-state index is 0.182. The van der Waals surface area contributed by atoms with Crippen molar-refractivity contribution < 1.29 is 9.18 Å². The van der Waals surface area contributed by atoms with Gasteiger partial charge in [-0.25, -0.2) is 4.39 Å². The number of amides is 1. The predicted molar refractivity (Wildman–Crippen MR) is 87.9 cm³/mol. The molecule has 0 aromatic heterocycles. The van der Waals surface area contributed by atoms with E-state index >= 15 is 0 Å². The number of likely N-dealkylation sites (tertiary alicyclic amines) is 1. The van der Waals surface area contributed by atoms with E-state index in [2.05, 4.69) is 9.80 Å². The Morgan fingerprint density at radius 1 is 1.00 bits per heavy atom. The van der Waals surface area contributed by atoms with E-state index in [-0.39, 0.29) is 5.82 Å². The van der Waals surface area contributed by atoms with Crippen LogP contribution in [0.2, 0.25) is 0 Å². The molecule has 0 spiro atoms. The van der Waals surface area contributed by atoms with E-state index in [9.17, 15) is 9.18 Å². The third-order valence-electron chi connectivity index (χ3n) is 5.65. The molecule has 1 saturated carbocycles. The third kappa shape index (κ3) is 2.94. The summed E-state index contributed by atoms with van der Waals surface area (Å²) in [6, 6.07) is 7.30. The fourth-order valence-electron chi connectivity index (χ4n) is 3.78. The number of nitrogens with zero attached hydrogens (tertiary/aromatic N) is 3. The lowest BCUT2D eigenvalue weighted by Crippen LogP contribution is -2.65. The molecular weight excluding hydrogens is 293 g/mol.